The van der Waals surface area contributed by atoms with E-state index in [1.165, 1.54) is 12.1 Å². The molecule has 0 saturated heterocycles. The quantitative estimate of drug-likeness (QED) is 0.651. The summed E-state index contributed by atoms with van der Waals surface area (Å²) in [6.07, 6.45) is -0.417. The number of carboxylic acid groups (broad SMARTS) is 1. The van der Waals surface area contributed by atoms with Crippen LogP contribution in [-0.4, -0.2) is 31.4 Å². The van der Waals surface area contributed by atoms with Crippen molar-refractivity contribution in [2.45, 2.75) is 43.5 Å². The molecule has 0 fully saturated rings. The van der Waals surface area contributed by atoms with Crippen molar-refractivity contribution in [2.24, 2.45) is 5.73 Å². The molecular weight excluding hydrogens is 308 g/mol. The molecule has 0 radical (unpaired) electrons. The van der Waals surface area contributed by atoms with Crippen LogP contribution >= 0.6 is 0 Å². The first-order valence-corrected chi connectivity index (χ1v) is 8.25. The van der Waals surface area contributed by atoms with Crippen molar-refractivity contribution in [1.82, 2.24) is 4.72 Å². The van der Waals surface area contributed by atoms with Crippen LogP contribution in [0.5, 0.6) is 0 Å². The Kier molecular flexibility index (Phi) is 6.07. The highest BCUT2D eigenvalue weighted by atomic mass is 32.2. The number of carbonyl (C=O) groups is 2. The van der Waals surface area contributed by atoms with Gasteiger partial charge in [0.15, 0.2) is 0 Å². The lowest BCUT2D eigenvalue weighted by molar-refractivity contribution is -0.139. The van der Waals surface area contributed by atoms with E-state index in [4.69, 9.17) is 10.8 Å². The molecular formula is C14H20N2O5S. The summed E-state index contributed by atoms with van der Waals surface area (Å²) in [5.74, 6) is -1.79. The van der Waals surface area contributed by atoms with E-state index in [1.807, 2.05) is 13.8 Å². The van der Waals surface area contributed by atoms with Gasteiger partial charge in [0.25, 0.3) is 0 Å². The van der Waals surface area contributed by atoms with E-state index in [1.54, 1.807) is 12.1 Å². The van der Waals surface area contributed by atoms with Gasteiger partial charge in [0.05, 0.1) is 4.90 Å². The van der Waals surface area contributed by atoms with Crippen LogP contribution in [0, 0.1) is 0 Å². The van der Waals surface area contributed by atoms with Gasteiger partial charge in [-0.05, 0) is 30.0 Å². The Morgan fingerprint density at radius 2 is 1.77 bits per heavy atom. The van der Waals surface area contributed by atoms with Gasteiger partial charge in [0, 0.05) is 6.42 Å². The summed E-state index contributed by atoms with van der Waals surface area (Å²) in [6.45, 7) is 3.96. The Morgan fingerprint density at radius 3 is 2.18 bits per heavy atom. The van der Waals surface area contributed by atoms with Crippen molar-refractivity contribution >= 4 is 21.9 Å². The Labute approximate surface area is 129 Å². The zero-order valence-electron chi connectivity index (χ0n) is 12.4. The zero-order chi connectivity index (χ0) is 16.9. The van der Waals surface area contributed by atoms with Crippen molar-refractivity contribution in [1.29, 1.82) is 0 Å². The van der Waals surface area contributed by atoms with Crippen molar-refractivity contribution in [2.75, 3.05) is 0 Å². The molecule has 7 nitrogen and oxygen atoms in total. The van der Waals surface area contributed by atoms with Gasteiger partial charge >= 0.3 is 5.97 Å². The molecule has 0 aliphatic rings. The molecule has 0 heterocycles. The van der Waals surface area contributed by atoms with Crippen LogP contribution in [0.2, 0.25) is 0 Å². The minimum absolute atomic E-state index is 0.0257. The van der Waals surface area contributed by atoms with Crippen molar-refractivity contribution in [3.05, 3.63) is 29.8 Å². The number of nitrogens with one attached hydrogen (secondary N) is 1. The predicted molar refractivity (Wildman–Crippen MR) is 80.7 cm³/mol. The molecule has 0 spiro atoms. The maximum atomic E-state index is 12.2. The summed E-state index contributed by atoms with van der Waals surface area (Å²) in [7, 11) is -3.98. The third-order valence-electron chi connectivity index (χ3n) is 3.13. The van der Waals surface area contributed by atoms with Crippen LogP contribution in [0.15, 0.2) is 29.2 Å². The predicted octanol–water partition coefficient (Wildman–Crippen LogP) is 0.807. The normalized spacial score (nSPS) is 13.0. The van der Waals surface area contributed by atoms with Gasteiger partial charge in [0.2, 0.25) is 15.9 Å². The summed E-state index contributed by atoms with van der Waals surface area (Å²) in [4.78, 5) is 21.8. The lowest BCUT2D eigenvalue weighted by Gasteiger charge is -2.14. The average molecular weight is 328 g/mol. The van der Waals surface area contributed by atoms with Gasteiger partial charge in [-0.2, -0.15) is 4.72 Å². The highest BCUT2D eigenvalue weighted by molar-refractivity contribution is 7.89. The summed E-state index contributed by atoms with van der Waals surface area (Å²) in [5.41, 5.74) is 5.93. The number of hydrogen-bond donors (Lipinski definition) is 3. The number of amides is 1. The number of rotatable bonds is 8. The van der Waals surface area contributed by atoms with E-state index in [2.05, 4.69) is 4.72 Å². The minimum atomic E-state index is -3.98. The monoisotopic (exact) mass is 328 g/mol. The molecule has 1 aromatic rings. The first kappa shape index (κ1) is 18.1. The highest BCUT2D eigenvalue weighted by Gasteiger charge is 2.25. The number of aliphatic carboxylic acids is 1. The topological polar surface area (TPSA) is 127 Å². The molecule has 0 aliphatic heterocycles. The molecule has 8 heteroatoms. The minimum Gasteiger partial charge on any atom is -0.480 e. The van der Waals surface area contributed by atoms with E-state index >= 15 is 0 Å². The Bertz CT molecular complexity index is 638. The third kappa shape index (κ3) is 5.12. The van der Waals surface area contributed by atoms with Crippen molar-refractivity contribution < 1.29 is 23.1 Å². The van der Waals surface area contributed by atoms with E-state index in [-0.39, 0.29) is 23.7 Å². The van der Waals surface area contributed by atoms with Gasteiger partial charge in [-0.15, -0.1) is 0 Å². The van der Waals surface area contributed by atoms with Crippen molar-refractivity contribution in [3.8, 4) is 0 Å². The van der Waals surface area contributed by atoms with Crippen LogP contribution in [0.3, 0.4) is 0 Å². The fourth-order valence-corrected chi connectivity index (χ4v) is 3.03. The summed E-state index contributed by atoms with van der Waals surface area (Å²) in [6, 6.07) is 4.80. The number of primary amides is 1. The molecule has 0 aromatic heterocycles. The van der Waals surface area contributed by atoms with Gasteiger partial charge in [-0.1, -0.05) is 26.0 Å². The molecule has 0 saturated carbocycles. The summed E-state index contributed by atoms with van der Waals surface area (Å²) >= 11 is 0. The maximum Gasteiger partial charge on any atom is 0.321 e. The van der Waals surface area contributed by atoms with Crippen LogP contribution in [0.4, 0.5) is 0 Å². The molecule has 1 atom stereocenters. The van der Waals surface area contributed by atoms with E-state index in [0.717, 1.165) is 5.56 Å². The first-order valence-electron chi connectivity index (χ1n) is 6.77. The second-order valence-electron chi connectivity index (χ2n) is 5.24. The number of benzene rings is 1. The van der Waals surface area contributed by atoms with Gasteiger partial charge in [-0.25, -0.2) is 8.42 Å². The van der Waals surface area contributed by atoms with Crippen molar-refractivity contribution in [3.63, 3.8) is 0 Å². The van der Waals surface area contributed by atoms with Gasteiger partial charge < -0.3 is 10.8 Å². The fourth-order valence-electron chi connectivity index (χ4n) is 1.81. The molecule has 0 bridgehead atoms. The second-order valence-corrected chi connectivity index (χ2v) is 6.95. The molecule has 1 amide bonds. The maximum absolute atomic E-state index is 12.2. The summed E-state index contributed by atoms with van der Waals surface area (Å²) in [5, 5.41) is 9.03. The Hall–Kier alpha value is -1.93. The highest BCUT2D eigenvalue weighted by Crippen LogP contribution is 2.17. The van der Waals surface area contributed by atoms with Crippen LogP contribution in [-0.2, 0) is 19.6 Å². The van der Waals surface area contributed by atoms with E-state index in [0.29, 0.717) is 0 Å². The van der Waals surface area contributed by atoms with E-state index < -0.39 is 27.9 Å². The average Bonchev–Trinajstić information content (AvgIpc) is 2.43. The van der Waals surface area contributed by atoms with E-state index in [9.17, 15) is 18.0 Å². The number of sulfonamides is 1. The standard InChI is InChI=1S/C14H20N2O5S/c1-9(2)10-3-5-11(6-4-10)22(20,21)16-12(14(18)19)7-8-13(15)17/h3-6,9,12,16H,7-8H2,1-2H3,(H2,15,17)(H,18,19)/t12-/m0/s1. The lowest BCUT2D eigenvalue weighted by Crippen LogP contribution is -2.41. The zero-order valence-corrected chi connectivity index (χ0v) is 13.3. The van der Waals surface area contributed by atoms with Crippen LogP contribution in [0.1, 0.15) is 38.2 Å². The Balaban J connectivity index is 2.92. The Morgan fingerprint density at radius 1 is 1.23 bits per heavy atom. The first-order chi connectivity index (χ1) is 10.1. The number of nitrogens with two attached hydrogens (primary N) is 1. The molecule has 22 heavy (non-hydrogen) atoms. The molecule has 122 valence electrons. The molecule has 1 rings (SSSR count). The van der Waals surface area contributed by atoms with Gasteiger partial charge in [-0.3, -0.25) is 9.59 Å². The molecule has 1 aromatic carbocycles. The second kappa shape index (κ2) is 7.37. The van der Waals surface area contributed by atoms with Gasteiger partial charge in [0.1, 0.15) is 6.04 Å². The number of carbonyl (C=O) groups excluding carboxylic acids is 1. The smallest absolute Gasteiger partial charge is 0.321 e. The molecule has 4 N–H and O–H groups in total. The van der Waals surface area contributed by atoms with Crippen LogP contribution in [0.25, 0.3) is 0 Å². The third-order valence-corrected chi connectivity index (χ3v) is 4.62. The SMILES string of the molecule is CC(C)c1ccc(S(=O)(=O)N[C@@H](CCC(N)=O)C(=O)O)cc1. The molecule has 0 aliphatic carbocycles. The van der Waals surface area contributed by atoms with Crippen LogP contribution < -0.4 is 10.5 Å². The largest absolute Gasteiger partial charge is 0.480 e. The number of hydrogen-bond acceptors (Lipinski definition) is 4. The molecule has 0 unspecified atom stereocenters. The summed E-state index contributed by atoms with van der Waals surface area (Å²) < 4.78 is 26.4. The fraction of sp³-hybridized carbons (Fsp3) is 0.429. The number of carboxylic acids is 1. The lowest BCUT2D eigenvalue weighted by atomic mass is 10.0.